The number of hydrogen-bond acceptors (Lipinski definition) is 4. The lowest BCUT2D eigenvalue weighted by Crippen LogP contribution is -2.40. The van der Waals surface area contributed by atoms with Gasteiger partial charge in [0.2, 0.25) is 0 Å². The monoisotopic (exact) mass is 297 g/mol. The molecule has 0 spiro atoms. The van der Waals surface area contributed by atoms with Crippen LogP contribution in [0.4, 0.5) is 0 Å². The summed E-state index contributed by atoms with van der Waals surface area (Å²) >= 11 is 0. The Hall–Kier alpha value is -1.89. The molecule has 0 bridgehead atoms. The van der Waals surface area contributed by atoms with Gasteiger partial charge in [0.1, 0.15) is 6.04 Å². The fourth-order valence-electron chi connectivity index (χ4n) is 2.28. The van der Waals surface area contributed by atoms with Crippen LogP contribution in [0, 0.1) is 0 Å². The molecule has 1 aliphatic rings. The number of sulfone groups is 1. The summed E-state index contributed by atoms with van der Waals surface area (Å²) in [5.74, 6) is -1.39. The molecule has 1 saturated heterocycles. The minimum atomic E-state index is -3.31. The molecule has 1 aromatic carbocycles. The van der Waals surface area contributed by atoms with Crippen molar-refractivity contribution in [3.05, 3.63) is 29.8 Å². The molecule has 1 N–H and O–H groups in total. The molecule has 0 aliphatic carbocycles. The Kier molecular flexibility index (Phi) is 3.80. The van der Waals surface area contributed by atoms with Gasteiger partial charge in [-0.15, -0.1) is 0 Å². The van der Waals surface area contributed by atoms with Gasteiger partial charge in [0.15, 0.2) is 9.84 Å². The Morgan fingerprint density at radius 1 is 1.25 bits per heavy atom. The van der Waals surface area contributed by atoms with Gasteiger partial charge < -0.3 is 10.0 Å². The number of carbonyl (C=O) groups is 2. The van der Waals surface area contributed by atoms with Crippen LogP contribution in [0.15, 0.2) is 29.2 Å². The summed E-state index contributed by atoms with van der Waals surface area (Å²) in [6.07, 6.45) is 2.19. The maximum atomic E-state index is 12.2. The zero-order valence-corrected chi connectivity index (χ0v) is 11.8. The van der Waals surface area contributed by atoms with Crippen LogP contribution in [0.3, 0.4) is 0 Å². The predicted octanol–water partition coefficient (Wildman–Crippen LogP) is 0.779. The first kappa shape index (κ1) is 14.5. The first-order valence-electron chi connectivity index (χ1n) is 6.14. The van der Waals surface area contributed by atoms with Crippen LogP contribution in [0.25, 0.3) is 0 Å². The van der Waals surface area contributed by atoms with Crippen molar-refractivity contribution in [2.45, 2.75) is 23.8 Å². The number of rotatable bonds is 3. The molecule has 0 saturated carbocycles. The van der Waals surface area contributed by atoms with Gasteiger partial charge in [0.25, 0.3) is 5.91 Å². The van der Waals surface area contributed by atoms with Crippen LogP contribution in [-0.4, -0.2) is 49.1 Å². The van der Waals surface area contributed by atoms with Crippen molar-refractivity contribution in [3.63, 3.8) is 0 Å². The third-order valence-corrected chi connectivity index (χ3v) is 4.46. The number of carbonyl (C=O) groups excluding carboxylic acids is 1. The van der Waals surface area contributed by atoms with Crippen LogP contribution in [0.1, 0.15) is 23.2 Å². The van der Waals surface area contributed by atoms with Crippen LogP contribution < -0.4 is 0 Å². The number of carboxylic acids is 1. The third-order valence-electron chi connectivity index (χ3n) is 3.33. The molecule has 1 aliphatic heterocycles. The van der Waals surface area contributed by atoms with Gasteiger partial charge in [-0.25, -0.2) is 13.2 Å². The fraction of sp³-hybridized carbons (Fsp3) is 0.385. The van der Waals surface area contributed by atoms with Gasteiger partial charge in [-0.05, 0) is 37.1 Å². The lowest BCUT2D eigenvalue weighted by molar-refractivity contribution is -0.141. The number of hydrogen-bond donors (Lipinski definition) is 1. The molecule has 2 rings (SSSR count). The van der Waals surface area contributed by atoms with Crippen LogP contribution in [-0.2, 0) is 14.6 Å². The van der Waals surface area contributed by atoms with Crippen molar-refractivity contribution in [1.29, 1.82) is 0 Å². The van der Waals surface area contributed by atoms with E-state index in [1.165, 1.54) is 29.2 Å². The van der Waals surface area contributed by atoms with Gasteiger partial charge >= 0.3 is 5.97 Å². The number of benzene rings is 1. The van der Waals surface area contributed by atoms with Crippen molar-refractivity contribution in [2.75, 3.05) is 12.8 Å². The van der Waals surface area contributed by atoms with Crippen LogP contribution >= 0.6 is 0 Å². The van der Waals surface area contributed by atoms with Crippen molar-refractivity contribution < 1.29 is 23.1 Å². The third kappa shape index (κ3) is 2.82. The summed E-state index contributed by atoms with van der Waals surface area (Å²) in [5, 5.41) is 9.06. The Labute approximate surface area is 116 Å². The highest BCUT2D eigenvalue weighted by Crippen LogP contribution is 2.21. The second kappa shape index (κ2) is 5.24. The van der Waals surface area contributed by atoms with E-state index in [4.69, 9.17) is 5.11 Å². The van der Waals surface area contributed by atoms with Gasteiger partial charge in [0, 0.05) is 18.4 Å². The first-order valence-corrected chi connectivity index (χ1v) is 8.04. The summed E-state index contributed by atoms with van der Waals surface area (Å²) in [4.78, 5) is 24.7. The van der Waals surface area contributed by atoms with Gasteiger partial charge in [-0.2, -0.15) is 0 Å². The van der Waals surface area contributed by atoms with E-state index >= 15 is 0 Å². The number of amides is 1. The summed E-state index contributed by atoms with van der Waals surface area (Å²) in [5.41, 5.74) is 0.297. The first-order chi connectivity index (χ1) is 9.30. The van der Waals surface area contributed by atoms with Crippen LogP contribution in [0.5, 0.6) is 0 Å². The van der Waals surface area contributed by atoms with Gasteiger partial charge in [-0.3, -0.25) is 4.79 Å². The predicted molar refractivity (Wildman–Crippen MR) is 71.2 cm³/mol. The highest BCUT2D eigenvalue weighted by atomic mass is 32.2. The molecule has 6 nitrogen and oxygen atoms in total. The number of aliphatic carboxylic acids is 1. The topological polar surface area (TPSA) is 91.8 Å². The molecule has 1 heterocycles. The summed E-state index contributed by atoms with van der Waals surface area (Å²) in [6, 6.07) is 4.74. The van der Waals surface area contributed by atoms with Crippen molar-refractivity contribution in [1.82, 2.24) is 4.90 Å². The van der Waals surface area contributed by atoms with E-state index < -0.39 is 21.8 Å². The normalized spacial score (nSPS) is 19.1. The van der Waals surface area contributed by atoms with Crippen molar-refractivity contribution in [3.8, 4) is 0 Å². The smallest absolute Gasteiger partial charge is 0.326 e. The van der Waals surface area contributed by atoms with Crippen LogP contribution in [0.2, 0.25) is 0 Å². The number of likely N-dealkylation sites (tertiary alicyclic amines) is 1. The molecule has 1 atom stereocenters. The molecule has 1 fully saturated rings. The quantitative estimate of drug-likeness (QED) is 0.890. The van der Waals surface area contributed by atoms with Gasteiger partial charge in [0.05, 0.1) is 4.90 Å². The van der Waals surface area contributed by atoms with E-state index in [1.807, 2.05) is 0 Å². The Balaban J connectivity index is 2.24. The zero-order chi connectivity index (χ0) is 14.9. The molecule has 108 valence electrons. The zero-order valence-electron chi connectivity index (χ0n) is 10.9. The fourth-order valence-corrected chi connectivity index (χ4v) is 2.91. The molecule has 20 heavy (non-hydrogen) atoms. The van der Waals surface area contributed by atoms with E-state index in [0.29, 0.717) is 24.9 Å². The minimum Gasteiger partial charge on any atom is -0.480 e. The summed E-state index contributed by atoms with van der Waals surface area (Å²) in [7, 11) is -3.31. The van der Waals surface area contributed by atoms with Crippen molar-refractivity contribution >= 4 is 21.7 Å². The van der Waals surface area contributed by atoms with Gasteiger partial charge in [-0.1, -0.05) is 0 Å². The van der Waals surface area contributed by atoms with E-state index in [9.17, 15) is 18.0 Å². The van der Waals surface area contributed by atoms with E-state index in [1.54, 1.807) is 0 Å². The van der Waals surface area contributed by atoms with E-state index in [2.05, 4.69) is 0 Å². The minimum absolute atomic E-state index is 0.130. The average molecular weight is 297 g/mol. The molecule has 1 aromatic rings. The Bertz CT molecular complexity index is 635. The maximum Gasteiger partial charge on any atom is 0.326 e. The van der Waals surface area contributed by atoms with Crippen molar-refractivity contribution in [2.24, 2.45) is 0 Å². The number of carboxylic acid groups (broad SMARTS) is 1. The Morgan fingerprint density at radius 3 is 2.35 bits per heavy atom. The molecule has 0 aromatic heterocycles. The molecule has 0 radical (unpaired) electrons. The second-order valence-electron chi connectivity index (χ2n) is 4.79. The SMILES string of the molecule is CS(=O)(=O)c1ccc(C(=O)N2CCCC2C(=O)O)cc1. The molecular weight excluding hydrogens is 282 g/mol. The summed E-state index contributed by atoms with van der Waals surface area (Å²) < 4.78 is 22.7. The molecular formula is C13H15NO5S. The standard InChI is InChI=1S/C13H15NO5S/c1-20(18,19)10-6-4-9(5-7-10)12(15)14-8-2-3-11(14)13(16)17/h4-7,11H,2-3,8H2,1H3,(H,16,17). The average Bonchev–Trinajstić information content (AvgIpc) is 2.86. The lowest BCUT2D eigenvalue weighted by atomic mass is 10.1. The maximum absolute atomic E-state index is 12.2. The second-order valence-corrected chi connectivity index (χ2v) is 6.81. The van der Waals surface area contributed by atoms with E-state index in [-0.39, 0.29) is 10.8 Å². The lowest BCUT2D eigenvalue weighted by Gasteiger charge is -2.21. The molecule has 1 unspecified atom stereocenters. The highest BCUT2D eigenvalue weighted by Gasteiger charge is 2.34. The summed E-state index contributed by atoms with van der Waals surface area (Å²) in [6.45, 7) is 0.406. The Morgan fingerprint density at radius 2 is 1.85 bits per heavy atom. The molecule has 7 heteroatoms. The molecule has 1 amide bonds. The highest BCUT2D eigenvalue weighted by molar-refractivity contribution is 7.90. The van der Waals surface area contributed by atoms with E-state index in [0.717, 1.165) is 6.26 Å². The number of nitrogens with zero attached hydrogens (tertiary/aromatic N) is 1. The largest absolute Gasteiger partial charge is 0.480 e.